The van der Waals surface area contributed by atoms with E-state index in [4.69, 9.17) is 0 Å². The molecule has 4 nitrogen and oxygen atoms in total. The third kappa shape index (κ3) is 3.69. The molecule has 0 aromatic rings. The van der Waals surface area contributed by atoms with Gasteiger partial charge in [-0.15, -0.1) is 0 Å². The first-order chi connectivity index (χ1) is 8.66. The van der Waals surface area contributed by atoms with Crippen molar-refractivity contribution >= 4 is 5.91 Å². The summed E-state index contributed by atoms with van der Waals surface area (Å²) in [5.74, 6) is 0.901. The van der Waals surface area contributed by atoms with Crippen LogP contribution in [-0.2, 0) is 4.79 Å². The van der Waals surface area contributed by atoms with Gasteiger partial charge < -0.3 is 15.1 Å². The Labute approximate surface area is 111 Å². The Hall–Kier alpha value is -0.610. The summed E-state index contributed by atoms with van der Waals surface area (Å²) in [7, 11) is 4.15. The molecule has 1 atom stereocenters. The fourth-order valence-corrected chi connectivity index (χ4v) is 3.08. The first-order valence-corrected chi connectivity index (χ1v) is 7.31. The molecule has 1 unspecified atom stereocenters. The number of hydrogen-bond donors (Lipinski definition) is 1. The molecule has 0 aromatic heterocycles. The maximum absolute atomic E-state index is 12.3. The van der Waals surface area contributed by atoms with Gasteiger partial charge >= 0.3 is 0 Å². The van der Waals surface area contributed by atoms with Crippen LogP contribution in [0.25, 0.3) is 0 Å². The smallest absolute Gasteiger partial charge is 0.222 e. The number of piperidine rings is 2. The van der Waals surface area contributed by atoms with Crippen molar-refractivity contribution in [2.45, 2.75) is 38.1 Å². The lowest BCUT2D eigenvalue weighted by Crippen LogP contribution is -2.45. The third-order valence-electron chi connectivity index (χ3n) is 4.49. The first kappa shape index (κ1) is 13.8. The topological polar surface area (TPSA) is 35.6 Å². The fraction of sp³-hybridized carbons (Fsp3) is 0.929. The Morgan fingerprint density at radius 1 is 1.33 bits per heavy atom. The van der Waals surface area contributed by atoms with Gasteiger partial charge in [-0.2, -0.15) is 0 Å². The average molecular weight is 253 g/mol. The van der Waals surface area contributed by atoms with Crippen LogP contribution >= 0.6 is 0 Å². The van der Waals surface area contributed by atoms with E-state index in [0.29, 0.717) is 17.9 Å². The second-order valence-electron chi connectivity index (χ2n) is 5.96. The second-order valence-corrected chi connectivity index (χ2v) is 5.96. The molecule has 0 saturated carbocycles. The lowest BCUT2D eigenvalue weighted by molar-refractivity contribution is -0.133. The van der Waals surface area contributed by atoms with Gasteiger partial charge in [0.15, 0.2) is 0 Å². The normalized spacial score (nSPS) is 27.1. The van der Waals surface area contributed by atoms with Gasteiger partial charge in [0.2, 0.25) is 5.91 Å². The molecule has 1 amide bonds. The van der Waals surface area contributed by atoms with Crippen molar-refractivity contribution in [3.05, 3.63) is 0 Å². The van der Waals surface area contributed by atoms with Crippen LogP contribution in [-0.4, -0.2) is 62.0 Å². The van der Waals surface area contributed by atoms with Crippen LogP contribution in [0.2, 0.25) is 0 Å². The minimum absolute atomic E-state index is 0.346. The molecule has 0 radical (unpaired) electrons. The molecule has 2 saturated heterocycles. The summed E-state index contributed by atoms with van der Waals surface area (Å²) in [5.41, 5.74) is 0. The molecule has 2 rings (SSSR count). The lowest BCUT2D eigenvalue weighted by atomic mass is 9.95. The SMILES string of the molecule is CN1CCC(N(C)C(=O)CC2CCCNC2)CC1. The van der Waals surface area contributed by atoms with E-state index in [1.807, 2.05) is 11.9 Å². The standard InChI is InChI=1S/C14H27N3O/c1-16-8-5-13(6-9-16)17(2)14(18)10-12-4-3-7-15-11-12/h12-13,15H,3-11H2,1-2H3. The first-order valence-electron chi connectivity index (χ1n) is 7.31. The predicted molar refractivity (Wildman–Crippen MR) is 73.5 cm³/mol. The van der Waals surface area contributed by atoms with E-state index in [2.05, 4.69) is 17.3 Å². The van der Waals surface area contributed by atoms with E-state index >= 15 is 0 Å². The van der Waals surface area contributed by atoms with E-state index in [9.17, 15) is 4.79 Å². The molecule has 1 N–H and O–H groups in total. The Bertz CT molecular complexity index is 268. The summed E-state index contributed by atoms with van der Waals surface area (Å²) < 4.78 is 0. The van der Waals surface area contributed by atoms with Gasteiger partial charge in [0, 0.05) is 19.5 Å². The maximum atomic E-state index is 12.3. The number of carbonyl (C=O) groups excluding carboxylic acids is 1. The van der Waals surface area contributed by atoms with Crippen LogP contribution in [0.1, 0.15) is 32.1 Å². The molecular weight excluding hydrogens is 226 g/mol. The Balaban J connectivity index is 1.77. The van der Waals surface area contributed by atoms with Crippen LogP contribution in [0.4, 0.5) is 0 Å². The molecule has 0 bridgehead atoms. The van der Waals surface area contributed by atoms with Crippen molar-refractivity contribution in [3.8, 4) is 0 Å². The highest BCUT2D eigenvalue weighted by Gasteiger charge is 2.26. The number of nitrogens with one attached hydrogen (secondary N) is 1. The monoisotopic (exact) mass is 253 g/mol. The zero-order chi connectivity index (χ0) is 13.0. The molecule has 2 aliphatic rings. The van der Waals surface area contributed by atoms with Crippen LogP contribution in [0.5, 0.6) is 0 Å². The highest BCUT2D eigenvalue weighted by atomic mass is 16.2. The third-order valence-corrected chi connectivity index (χ3v) is 4.49. The van der Waals surface area contributed by atoms with Crippen molar-refractivity contribution in [2.75, 3.05) is 40.3 Å². The molecular formula is C14H27N3O. The molecule has 2 fully saturated rings. The van der Waals surface area contributed by atoms with Crippen molar-refractivity contribution in [3.63, 3.8) is 0 Å². The van der Waals surface area contributed by atoms with Crippen molar-refractivity contribution in [2.24, 2.45) is 5.92 Å². The van der Waals surface area contributed by atoms with Gasteiger partial charge in [-0.1, -0.05) is 0 Å². The van der Waals surface area contributed by atoms with Crippen LogP contribution in [0, 0.1) is 5.92 Å². The van der Waals surface area contributed by atoms with Gasteiger partial charge in [-0.3, -0.25) is 4.79 Å². The average Bonchev–Trinajstić information content (AvgIpc) is 2.40. The van der Waals surface area contributed by atoms with Gasteiger partial charge in [0.1, 0.15) is 0 Å². The molecule has 0 spiro atoms. The summed E-state index contributed by atoms with van der Waals surface area (Å²) in [6.07, 6.45) is 5.41. The highest BCUT2D eigenvalue weighted by Crippen LogP contribution is 2.19. The molecule has 0 aliphatic carbocycles. The number of likely N-dealkylation sites (tertiary alicyclic amines) is 1. The summed E-state index contributed by atoms with van der Waals surface area (Å²) >= 11 is 0. The quantitative estimate of drug-likeness (QED) is 0.813. The van der Waals surface area contributed by atoms with Crippen LogP contribution in [0.15, 0.2) is 0 Å². The maximum Gasteiger partial charge on any atom is 0.222 e. The number of hydrogen-bond acceptors (Lipinski definition) is 3. The number of rotatable bonds is 3. The minimum atomic E-state index is 0.346. The zero-order valence-corrected chi connectivity index (χ0v) is 11.8. The molecule has 18 heavy (non-hydrogen) atoms. The van der Waals surface area contributed by atoms with E-state index in [1.165, 1.54) is 12.8 Å². The van der Waals surface area contributed by atoms with Crippen LogP contribution in [0.3, 0.4) is 0 Å². The number of nitrogens with zero attached hydrogens (tertiary/aromatic N) is 2. The number of carbonyl (C=O) groups is 1. The molecule has 2 aliphatic heterocycles. The van der Waals surface area contributed by atoms with Crippen molar-refractivity contribution in [1.82, 2.24) is 15.1 Å². The van der Waals surface area contributed by atoms with Crippen LogP contribution < -0.4 is 5.32 Å². The Morgan fingerprint density at radius 2 is 2.06 bits per heavy atom. The van der Waals surface area contributed by atoms with E-state index in [1.54, 1.807) is 0 Å². The summed E-state index contributed by atoms with van der Waals surface area (Å²) in [6.45, 7) is 4.38. The summed E-state index contributed by atoms with van der Waals surface area (Å²) in [4.78, 5) is 16.6. The Morgan fingerprint density at radius 3 is 2.67 bits per heavy atom. The zero-order valence-electron chi connectivity index (χ0n) is 11.8. The molecule has 4 heteroatoms. The summed E-state index contributed by atoms with van der Waals surface area (Å²) in [6, 6.07) is 0.463. The van der Waals surface area contributed by atoms with Gasteiger partial charge in [-0.25, -0.2) is 0 Å². The predicted octanol–water partition coefficient (Wildman–Crippen LogP) is 0.929. The highest BCUT2D eigenvalue weighted by molar-refractivity contribution is 5.76. The molecule has 2 heterocycles. The van der Waals surface area contributed by atoms with Gasteiger partial charge in [0.25, 0.3) is 0 Å². The van der Waals surface area contributed by atoms with E-state index in [0.717, 1.165) is 45.4 Å². The summed E-state index contributed by atoms with van der Waals surface area (Å²) in [5, 5.41) is 3.39. The molecule has 0 aromatic carbocycles. The van der Waals surface area contributed by atoms with Crippen molar-refractivity contribution < 1.29 is 4.79 Å². The van der Waals surface area contributed by atoms with E-state index < -0.39 is 0 Å². The lowest BCUT2D eigenvalue weighted by Gasteiger charge is -2.36. The minimum Gasteiger partial charge on any atom is -0.343 e. The fourth-order valence-electron chi connectivity index (χ4n) is 3.08. The van der Waals surface area contributed by atoms with E-state index in [-0.39, 0.29) is 0 Å². The number of amides is 1. The second kappa shape index (κ2) is 6.53. The van der Waals surface area contributed by atoms with Crippen molar-refractivity contribution in [1.29, 1.82) is 0 Å². The molecule has 104 valence electrons. The van der Waals surface area contributed by atoms with Gasteiger partial charge in [0.05, 0.1) is 0 Å². The van der Waals surface area contributed by atoms with Gasteiger partial charge in [-0.05, 0) is 64.8 Å². The Kier molecular flexibility index (Phi) is 5.01. The largest absolute Gasteiger partial charge is 0.343 e.